The van der Waals surface area contributed by atoms with Crippen LogP contribution in [0.2, 0.25) is 0 Å². The molecule has 3 nitrogen and oxygen atoms in total. The first-order valence-electron chi connectivity index (χ1n) is 10.9. The second kappa shape index (κ2) is 22.7. The van der Waals surface area contributed by atoms with Crippen molar-refractivity contribution in [2.24, 2.45) is 0 Å². The summed E-state index contributed by atoms with van der Waals surface area (Å²) in [6.07, 6.45) is 22.6. The molecule has 0 saturated heterocycles. The number of carbonyl (C=O) groups excluding carboxylic acids is 1. The number of hydrogen-bond donors (Lipinski definition) is 1. The minimum absolute atomic E-state index is 0. The molecule has 26 heavy (non-hydrogen) atoms. The summed E-state index contributed by atoms with van der Waals surface area (Å²) >= 11 is 0. The number of unbranched alkanes of at least 4 members (excludes halogenated alkanes) is 16. The minimum Gasteiger partial charge on any atom is -0.481 e. The van der Waals surface area contributed by atoms with Gasteiger partial charge in [-0.1, -0.05) is 110 Å². The Morgan fingerprint density at radius 3 is 1.19 bits per heavy atom. The van der Waals surface area contributed by atoms with Crippen LogP contribution in [0.1, 0.15) is 129 Å². The normalized spacial score (nSPS) is 10.5. The van der Waals surface area contributed by atoms with Gasteiger partial charge in [0.15, 0.2) is 0 Å². The Labute approximate surface area is 172 Å². The van der Waals surface area contributed by atoms with Crippen molar-refractivity contribution in [3.8, 4) is 0 Å². The van der Waals surface area contributed by atoms with Gasteiger partial charge in [-0.15, -0.1) is 0 Å². The molecule has 0 spiro atoms. The molecule has 0 rings (SSSR count). The van der Waals surface area contributed by atoms with Gasteiger partial charge in [-0.25, -0.2) is 0 Å². The molecule has 0 aromatic heterocycles. The summed E-state index contributed by atoms with van der Waals surface area (Å²) in [5.41, 5.74) is 0. The molecule has 0 unspecified atom stereocenters. The number of rotatable bonds is 20. The summed E-state index contributed by atoms with van der Waals surface area (Å²) in [6, 6.07) is 0. The molecule has 0 aliphatic carbocycles. The van der Waals surface area contributed by atoms with Gasteiger partial charge in [0.1, 0.15) is 12.2 Å². The van der Waals surface area contributed by atoms with Crippen molar-refractivity contribution in [3.05, 3.63) is 0 Å². The van der Waals surface area contributed by atoms with Gasteiger partial charge < -0.3 is 5.11 Å². The van der Waals surface area contributed by atoms with Gasteiger partial charge in [-0.3, -0.25) is 9.59 Å². The summed E-state index contributed by atoms with van der Waals surface area (Å²) in [4.78, 5) is 21.6. The van der Waals surface area contributed by atoms with E-state index in [9.17, 15) is 9.59 Å². The van der Waals surface area contributed by atoms with Crippen molar-refractivity contribution in [2.75, 3.05) is 0 Å². The zero-order chi connectivity index (χ0) is 18.6. The molecule has 4 heteroatoms. The van der Waals surface area contributed by atoms with Gasteiger partial charge in [-0.05, 0) is 6.42 Å². The average Bonchev–Trinajstić information content (AvgIpc) is 2.57. The van der Waals surface area contributed by atoms with Gasteiger partial charge in [0.05, 0.1) is 0 Å². The van der Waals surface area contributed by atoms with Crippen molar-refractivity contribution >= 4 is 29.1 Å². The largest absolute Gasteiger partial charge is 0.481 e. The molecule has 0 aliphatic rings. The van der Waals surface area contributed by atoms with Crippen LogP contribution in [0.15, 0.2) is 0 Å². The number of Topliss-reactive ketones (excluding diaryl/α,β-unsaturated/α-hetero) is 1. The first-order valence-corrected chi connectivity index (χ1v) is 10.9. The highest BCUT2D eigenvalue weighted by Crippen LogP contribution is 2.14. The molecule has 0 atom stereocenters. The van der Waals surface area contributed by atoms with E-state index in [1.165, 1.54) is 96.3 Å². The van der Waals surface area contributed by atoms with Crippen molar-refractivity contribution in [1.82, 2.24) is 0 Å². The first-order chi connectivity index (χ1) is 12.2. The monoisotopic (exact) mass is 381 g/mol. The van der Waals surface area contributed by atoms with E-state index in [0.29, 0.717) is 6.42 Å². The fraction of sp³-hybridized carbons (Fsp3) is 0.909. The lowest BCUT2D eigenvalue weighted by Crippen LogP contribution is -2.05. The van der Waals surface area contributed by atoms with Crippen LogP contribution in [0, 0.1) is 0 Å². The summed E-state index contributed by atoms with van der Waals surface area (Å²) < 4.78 is 0. The molecule has 0 aliphatic heterocycles. The maximum absolute atomic E-state index is 11.2. The van der Waals surface area contributed by atoms with Crippen LogP contribution in [0.4, 0.5) is 0 Å². The summed E-state index contributed by atoms with van der Waals surface area (Å²) in [7, 11) is 0. The number of carboxylic acids is 1. The smallest absolute Gasteiger partial charge is 0.310 e. The molecule has 0 bridgehead atoms. The summed E-state index contributed by atoms with van der Waals surface area (Å²) in [6.45, 7) is 2.27. The molecule has 0 aromatic carbocycles. The predicted octanol–water partition coefficient (Wildman–Crippen LogP) is 6.69. The molecular formula is C22H42AlO3. The molecule has 0 heterocycles. The fourth-order valence-corrected chi connectivity index (χ4v) is 3.30. The standard InChI is InChI=1S/C22H42O3.Al/c1-2-3-4-5-6-7-8-9-10-11-12-13-14-15-16-17-18-19-21(23)20-22(24)25;/h2-20H2,1H3,(H,24,25);. The van der Waals surface area contributed by atoms with Gasteiger partial charge in [0.25, 0.3) is 0 Å². The predicted molar refractivity (Wildman–Crippen MR) is 112 cm³/mol. The van der Waals surface area contributed by atoms with Crippen LogP contribution in [-0.4, -0.2) is 34.2 Å². The lowest BCUT2D eigenvalue weighted by atomic mass is 10.0. The van der Waals surface area contributed by atoms with Crippen LogP contribution in [0.25, 0.3) is 0 Å². The van der Waals surface area contributed by atoms with Gasteiger partial charge in [0, 0.05) is 23.8 Å². The van der Waals surface area contributed by atoms with Gasteiger partial charge in [-0.2, -0.15) is 0 Å². The van der Waals surface area contributed by atoms with Crippen molar-refractivity contribution in [1.29, 1.82) is 0 Å². The van der Waals surface area contributed by atoms with E-state index in [1.807, 2.05) is 0 Å². The van der Waals surface area contributed by atoms with Crippen molar-refractivity contribution < 1.29 is 14.7 Å². The van der Waals surface area contributed by atoms with Gasteiger partial charge >= 0.3 is 5.97 Å². The third-order valence-electron chi connectivity index (χ3n) is 4.91. The fourth-order valence-electron chi connectivity index (χ4n) is 3.30. The van der Waals surface area contributed by atoms with E-state index < -0.39 is 5.97 Å². The highest BCUT2D eigenvalue weighted by molar-refractivity contribution is 5.94. The van der Waals surface area contributed by atoms with Gasteiger partial charge in [0.2, 0.25) is 0 Å². The number of ketones is 1. The Morgan fingerprint density at radius 2 is 0.885 bits per heavy atom. The SMILES string of the molecule is CCCCCCCCCCCCCCCCCCCC(=O)CC(=O)O.[Al]. The summed E-state index contributed by atoms with van der Waals surface area (Å²) in [5.74, 6) is -1.13. The summed E-state index contributed by atoms with van der Waals surface area (Å²) in [5, 5.41) is 8.51. The zero-order valence-electron chi connectivity index (χ0n) is 17.3. The lowest BCUT2D eigenvalue weighted by molar-refractivity contribution is -0.140. The number of aliphatic carboxylic acids is 1. The third-order valence-corrected chi connectivity index (χ3v) is 4.91. The van der Waals surface area contributed by atoms with E-state index >= 15 is 0 Å². The molecule has 0 fully saturated rings. The molecular weight excluding hydrogens is 339 g/mol. The van der Waals surface area contributed by atoms with Crippen LogP contribution >= 0.6 is 0 Å². The molecule has 0 aromatic rings. The van der Waals surface area contributed by atoms with E-state index in [1.54, 1.807) is 0 Å². The molecule has 0 amide bonds. The maximum Gasteiger partial charge on any atom is 0.310 e. The average molecular weight is 382 g/mol. The molecule has 151 valence electrons. The molecule has 0 saturated carbocycles. The quantitative estimate of drug-likeness (QED) is 0.145. The van der Waals surface area contributed by atoms with Crippen molar-refractivity contribution in [3.63, 3.8) is 0 Å². The van der Waals surface area contributed by atoms with E-state index in [4.69, 9.17) is 5.11 Å². The minimum atomic E-state index is -1.00. The zero-order valence-corrected chi connectivity index (χ0v) is 18.4. The Morgan fingerprint density at radius 1 is 0.577 bits per heavy atom. The Bertz CT molecular complexity index is 319. The second-order valence-electron chi connectivity index (χ2n) is 7.52. The molecule has 3 radical (unpaired) electrons. The third kappa shape index (κ3) is 23.7. The number of carboxylic acid groups (broad SMARTS) is 1. The highest BCUT2D eigenvalue weighted by Gasteiger charge is 2.06. The molecule has 1 N–H and O–H groups in total. The number of hydrogen-bond acceptors (Lipinski definition) is 2. The highest BCUT2D eigenvalue weighted by atomic mass is 27.0. The number of carbonyl (C=O) groups is 2. The Kier molecular flexibility index (Phi) is 24.4. The van der Waals surface area contributed by atoms with E-state index in [0.717, 1.165) is 12.8 Å². The van der Waals surface area contributed by atoms with Crippen LogP contribution in [0.5, 0.6) is 0 Å². The van der Waals surface area contributed by atoms with Crippen LogP contribution < -0.4 is 0 Å². The van der Waals surface area contributed by atoms with E-state index in [-0.39, 0.29) is 29.6 Å². The van der Waals surface area contributed by atoms with Crippen LogP contribution in [-0.2, 0) is 9.59 Å². The Hall–Kier alpha value is -0.328. The Balaban J connectivity index is 0. The maximum atomic E-state index is 11.2. The van der Waals surface area contributed by atoms with E-state index in [2.05, 4.69) is 6.92 Å². The van der Waals surface area contributed by atoms with Crippen LogP contribution in [0.3, 0.4) is 0 Å². The lowest BCUT2D eigenvalue weighted by Gasteiger charge is -2.03. The topological polar surface area (TPSA) is 54.4 Å². The second-order valence-corrected chi connectivity index (χ2v) is 7.52. The van der Waals surface area contributed by atoms with Crippen molar-refractivity contribution in [2.45, 2.75) is 129 Å². The first kappa shape index (κ1) is 27.9.